The average molecular weight is 266 g/mol. The molecule has 0 aromatic heterocycles. The summed E-state index contributed by atoms with van der Waals surface area (Å²) in [5, 5.41) is 0. The fourth-order valence-corrected chi connectivity index (χ4v) is 2.13. The van der Waals surface area contributed by atoms with Crippen molar-refractivity contribution in [3.8, 4) is 5.75 Å². The number of hydrazine groups is 1. The van der Waals surface area contributed by atoms with Crippen molar-refractivity contribution in [3.05, 3.63) is 29.8 Å². The number of ether oxygens (including phenoxy) is 2. The predicted molar refractivity (Wildman–Crippen MR) is 77.9 cm³/mol. The number of nitrogens with one attached hydrogen (secondary N) is 1. The van der Waals surface area contributed by atoms with Gasteiger partial charge < -0.3 is 9.47 Å². The van der Waals surface area contributed by atoms with Gasteiger partial charge in [0.25, 0.3) is 0 Å². The molecule has 0 aliphatic carbocycles. The Balaban J connectivity index is 2.74. The molecule has 19 heavy (non-hydrogen) atoms. The van der Waals surface area contributed by atoms with Gasteiger partial charge in [0.05, 0.1) is 6.10 Å². The number of nitrogens with two attached hydrogens (primary N) is 1. The predicted octanol–water partition coefficient (Wildman–Crippen LogP) is 2.65. The van der Waals surface area contributed by atoms with E-state index in [1.54, 1.807) is 7.11 Å². The van der Waals surface area contributed by atoms with Crippen molar-refractivity contribution in [2.75, 3.05) is 13.7 Å². The third kappa shape index (κ3) is 5.59. The van der Waals surface area contributed by atoms with Crippen LogP contribution >= 0.6 is 0 Å². The third-order valence-corrected chi connectivity index (χ3v) is 2.92. The van der Waals surface area contributed by atoms with Gasteiger partial charge in [0.1, 0.15) is 5.75 Å². The Morgan fingerprint density at radius 1 is 1.26 bits per heavy atom. The van der Waals surface area contributed by atoms with Gasteiger partial charge in [-0.15, -0.1) is 0 Å². The first-order valence-electron chi connectivity index (χ1n) is 6.78. The second-order valence-electron chi connectivity index (χ2n) is 5.25. The molecule has 108 valence electrons. The maximum atomic E-state index is 5.71. The number of rotatable bonds is 8. The van der Waals surface area contributed by atoms with E-state index in [-0.39, 0.29) is 12.1 Å². The van der Waals surface area contributed by atoms with Crippen molar-refractivity contribution in [2.24, 2.45) is 11.8 Å². The smallest absolute Gasteiger partial charge is 0.120 e. The molecule has 0 saturated heterocycles. The first kappa shape index (κ1) is 16.0. The molecule has 4 nitrogen and oxygen atoms in total. The third-order valence-electron chi connectivity index (χ3n) is 2.92. The Kier molecular flexibility index (Phi) is 6.84. The standard InChI is InChI=1S/C15H26N2O2/c1-11(2)19-14-7-5-6-13(9-14)15(17-16)8-12(3)10-18-4/h5-7,9,11-12,15,17H,8,10,16H2,1-4H3. The van der Waals surface area contributed by atoms with Crippen LogP contribution in [0.25, 0.3) is 0 Å². The molecule has 1 aromatic rings. The maximum Gasteiger partial charge on any atom is 0.120 e. The van der Waals surface area contributed by atoms with Crippen LogP contribution < -0.4 is 16.0 Å². The molecule has 0 bridgehead atoms. The van der Waals surface area contributed by atoms with Gasteiger partial charge >= 0.3 is 0 Å². The molecular weight excluding hydrogens is 240 g/mol. The number of methoxy groups -OCH3 is 1. The van der Waals surface area contributed by atoms with Crippen LogP contribution in [0.3, 0.4) is 0 Å². The van der Waals surface area contributed by atoms with Gasteiger partial charge in [0, 0.05) is 19.8 Å². The fourth-order valence-electron chi connectivity index (χ4n) is 2.13. The summed E-state index contributed by atoms with van der Waals surface area (Å²) in [4.78, 5) is 0. The highest BCUT2D eigenvalue weighted by molar-refractivity contribution is 5.30. The molecule has 0 aliphatic heterocycles. The lowest BCUT2D eigenvalue weighted by Crippen LogP contribution is -2.30. The van der Waals surface area contributed by atoms with Crippen LogP contribution in [0, 0.1) is 5.92 Å². The average Bonchev–Trinajstić information content (AvgIpc) is 2.35. The Morgan fingerprint density at radius 2 is 2.00 bits per heavy atom. The van der Waals surface area contributed by atoms with Crippen molar-refractivity contribution in [1.29, 1.82) is 0 Å². The fraction of sp³-hybridized carbons (Fsp3) is 0.600. The number of benzene rings is 1. The SMILES string of the molecule is COCC(C)CC(NN)c1cccc(OC(C)C)c1. The van der Waals surface area contributed by atoms with E-state index in [9.17, 15) is 0 Å². The Morgan fingerprint density at radius 3 is 2.58 bits per heavy atom. The van der Waals surface area contributed by atoms with Crippen LogP contribution in [0.2, 0.25) is 0 Å². The molecule has 0 fully saturated rings. The summed E-state index contributed by atoms with van der Waals surface area (Å²) < 4.78 is 10.9. The van der Waals surface area contributed by atoms with Gasteiger partial charge in [-0.25, -0.2) is 0 Å². The van der Waals surface area contributed by atoms with Crippen molar-refractivity contribution in [1.82, 2.24) is 5.43 Å². The Hall–Kier alpha value is -1.10. The van der Waals surface area contributed by atoms with Gasteiger partial charge in [0.15, 0.2) is 0 Å². The molecule has 3 N–H and O–H groups in total. The first-order chi connectivity index (χ1) is 9.06. The molecule has 0 spiro atoms. The lowest BCUT2D eigenvalue weighted by Gasteiger charge is -2.21. The second kappa shape index (κ2) is 8.15. The van der Waals surface area contributed by atoms with Crippen LogP contribution in [0.15, 0.2) is 24.3 Å². The van der Waals surface area contributed by atoms with E-state index < -0.39 is 0 Å². The molecule has 1 rings (SSSR count). The van der Waals surface area contributed by atoms with E-state index >= 15 is 0 Å². The molecule has 1 aromatic carbocycles. The van der Waals surface area contributed by atoms with Crippen molar-refractivity contribution < 1.29 is 9.47 Å². The number of hydrogen-bond donors (Lipinski definition) is 2. The van der Waals surface area contributed by atoms with E-state index in [2.05, 4.69) is 18.4 Å². The van der Waals surface area contributed by atoms with Crippen LogP contribution in [-0.2, 0) is 4.74 Å². The summed E-state index contributed by atoms with van der Waals surface area (Å²) in [6.07, 6.45) is 1.10. The van der Waals surface area contributed by atoms with Crippen molar-refractivity contribution >= 4 is 0 Å². The summed E-state index contributed by atoms with van der Waals surface area (Å²) in [6.45, 7) is 6.93. The lowest BCUT2D eigenvalue weighted by atomic mass is 9.96. The van der Waals surface area contributed by atoms with Crippen LogP contribution in [0.5, 0.6) is 5.75 Å². The highest BCUT2D eigenvalue weighted by Crippen LogP contribution is 2.24. The van der Waals surface area contributed by atoms with Gasteiger partial charge in [-0.2, -0.15) is 0 Å². The summed E-state index contributed by atoms with van der Waals surface area (Å²) in [6, 6.07) is 8.19. The monoisotopic (exact) mass is 266 g/mol. The van der Waals surface area contributed by atoms with E-state index in [0.29, 0.717) is 5.92 Å². The van der Waals surface area contributed by atoms with Crippen LogP contribution in [0.4, 0.5) is 0 Å². The second-order valence-corrected chi connectivity index (χ2v) is 5.25. The zero-order chi connectivity index (χ0) is 14.3. The summed E-state index contributed by atoms with van der Waals surface area (Å²) in [7, 11) is 1.72. The Bertz CT molecular complexity index is 369. The molecule has 0 aliphatic rings. The van der Waals surface area contributed by atoms with Gasteiger partial charge in [-0.1, -0.05) is 19.1 Å². The molecule has 0 saturated carbocycles. The highest BCUT2D eigenvalue weighted by Gasteiger charge is 2.14. The van der Waals surface area contributed by atoms with Gasteiger partial charge in [-0.05, 0) is 43.9 Å². The van der Waals surface area contributed by atoms with E-state index in [0.717, 1.165) is 24.3 Å². The minimum atomic E-state index is 0.112. The minimum absolute atomic E-state index is 0.112. The zero-order valence-electron chi connectivity index (χ0n) is 12.3. The molecule has 2 atom stereocenters. The number of hydrogen-bond acceptors (Lipinski definition) is 4. The summed E-state index contributed by atoms with van der Waals surface area (Å²) in [5.41, 5.74) is 4.02. The molecule has 0 radical (unpaired) electrons. The Labute approximate surface area is 116 Å². The van der Waals surface area contributed by atoms with E-state index in [4.69, 9.17) is 15.3 Å². The summed E-state index contributed by atoms with van der Waals surface area (Å²) >= 11 is 0. The summed E-state index contributed by atoms with van der Waals surface area (Å²) in [5.74, 6) is 7.00. The molecule has 0 amide bonds. The molecular formula is C15H26N2O2. The van der Waals surface area contributed by atoms with Crippen LogP contribution in [-0.4, -0.2) is 19.8 Å². The minimum Gasteiger partial charge on any atom is -0.491 e. The van der Waals surface area contributed by atoms with E-state index in [1.807, 2.05) is 32.0 Å². The lowest BCUT2D eigenvalue weighted by molar-refractivity contribution is 0.149. The topological polar surface area (TPSA) is 56.5 Å². The van der Waals surface area contributed by atoms with E-state index in [1.165, 1.54) is 0 Å². The van der Waals surface area contributed by atoms with Crippen molar-refractivity contribution in [3.63, 3.8) is 0 Å². The molecule has 0 heterocycles. The molecule has 2 unspecified atom stereocenters. The normalized spacial score (nSPS) is 14.4. The maximum absolute atomic E-state index is 5.71. The molecule has 4 heteroatoms. The largest absolute Gasteiger partial charge is 0.491 e. The van der Waals surface area contributed by atoms with Crippen molar-refractivity contribution in [2.45, 2.75) is 39.3 Å². The quantitative estimate of drug-likeness (QED) is 0.561. The van der Waals surface area contributed by atoms with Gasteiger partial charge in [0.2, 0.25) is 0 Å². The van der Waals surface area contributed by atoms with Gasteiger partial charge in [-0.3, -0.25) is 11.3 Å². The highest BCUT2D eigenvalue weighted by atomic mass is 16.5. The van der Waals surface area contributed by atoms with Crippen LogP contribution in [0.1, 0.15) is 38.8 Å². The first-order valence-corrected chi connectivity index (χ1v) is 6.78. The zero-order valence-corrected chi connectivity index (χ0v) is 12.3.